The molecule has 1 heterocycles. The van der Waals surface area contributed by atoms with Crippen molar-refractivity contribution in [3.05, 3.63) is 57.0 Å². The monoisotopic (exact) mass is 284 g/mol. The van der Waals surface area contributed by atoms with E-state index in [0.717, 1.165) is 12.1 Å². The molecule has 0 aliphatic heterocycles. The number of benzene rings is 1. The highest BCUT2D eigenvalue weighted by molar-refractivity contribution is 7.17. The first kappa shape index (κ1) is 13.1. The van der Waals surface area contributed by atoms with Crippen molar-refractivity contribution in [2.24, 2.45) is 0 Å². The second-order valence-corrected chi connectivity index (χ2v) is 4.54. The van der Waals surface area contributed by atoms with Gasteiger partial charge >= 0.3 is 5.00 Å². The van der Waals surface area contributed by atoms with Crippen molar-refractivity contribution >= 4 is 27.9 Å². The first-order valence-electron chi connectivity index (χ1n) is 4.98. The van der Waals surface area contributed by atoms with Crippen LogP contribution in [0.2, 0.25) is 0 Å². The Morgan fingerprint density at radius 2 is 2.00 bits per heavy atom. The number of hydrogen-bond acceptors (Lipinski definition) is 4. The summed E-state index contributed by atoms with van der Waals surface area (Å²) in [5.74, 6) is -2.37. The molecule has 0 saturated carbocycles. The second-order valence-electron chi connectivity index (χ2n) is 3.47. The molecule has 0 aliphatic rings. The fraction of sp³-hybridized carbons (Fsp3) is 0. The number of nitrogens with one attached hydrogen (secondary N) is 1. The predicted octanol–water partition coefficient (Wildman–Crippen LogP) is 3.19. The van der Waals surface area contributed by atoms with Gasteiger partial charge in [-0.25, -0.2) is 8.78 Å². The number of thiophene rings is 1. The van der Waals surface area contributed by atoms with Crippen molar-refractivity contribution in [2.45, 2.75) is 0 Å². The number of nitrogens with zero attached hydrogens (tertiary/aromatic N) is 1. The summed E-state index contributed by atoms with van der Waals surface area (Å²) in [6.45, 7) is 0. The molecule has 0 bridgehead atoms. The van der Waals surface area contributed by atoms with Crippen molar-refractivity contribution in [3.63, 3.8) is 0 Å². The second kappa shape index (κ2) is 5.11. The number of rotatable bonds is 3. The SMILES string of the molecule is O=C(Nc1ccc(F)cc1F)c1ccc([N+](=O)[O-])s1. The van der Waals surface area contributed by atoms with Gasteiger partial charge in [-0.2, -0.15) is 0 Å². The Hall–Kier alpha value is -2.35. The van der Waals surface area contributed by atoms with Gasteiger partial charge in [-0.1, -0.05) is 11.3 Å². The average molecular weight is 284 g/mol. The van der Waals surface area contributed by atoms with Gasteiger partial charge in [0.1, 0.15) is 11.6 Å². The van der Waals surface area contributed by atoms with Crippen molar-refractivity contribution in [2.75, 3.05) is 5.32 Å². The van der Waals surface area contributed by atoms with Crippen molar-refractivity contribution in [1.82, 2.24) is 0 Å². The lowest BCUT2D eigenvalue weighted by Gasteiger charge is -2.04. The molecule has 98 valence electrons. The van der Waals surface area contributed by atoms with Crippen LogP contribution in [0.15, 0.2) is 30.3 Å². The number of amides is 1. The molecule has 0 unspecified atom stereocenters. The normalized spacial score (nSPS) is 10.2. The van der Waals surface area contributed by atoms with Crippen LogP contribution in [0.4, 0.5) is 19.5 Å². The van der Waals surface area contributed by atoms with E-state index in [-0.39, 0.29) is 15.6 Å². The third-order valence-corrected chi connectivity index (χ3v) is 3.21. The minimum Gasteiger partial charge on any atom is -0.319 e. The molecule has 1 aromatic carbocycles. The van der Waals surface area contributed by atoms with Gasteiger partial charge in [0.2, 0.25) is 0 Å². The zero-order valence-electron chi connectivity index (χ0n) is 9.22. The quantitative estimate of drug-likeness (QED) is 0.695. The minimum atomic E-state index is -0.917. The third kappa shape index (κ3) is 2.91. The van der Waals surface area contributed by atoms with Crippen LogP contribution in [-0.4, -0.2) is 10.8 Å². The maximum absolute atomic E-state index is 13.3. The van der Waals surface area contributed by atoms with Crippen molar-refractivity contribution < 1.29 is 18.5 Å². The largest absolute Gasteiger partial charge is 0.324 e. The molecule has 0 spiro atoms. The Balaban J connectivity index is 2.18. The fourth-order valence-electron chi connectivity index (χ4n) is 1.32. The van der Waals surface area contributed by atoms with Gasteiger partial charge in [0.05, 0.1) is 15.5 Å². The number of nitro groups is 1. The average Bonchev–Trinajstić information content (AvgIpc) is 2.82. The molecule has 2 rings (SSSR count). The summed E-state index contributed by atoms with van der Waals surface area (Å²) in [6, 6.07) is 5.15. The molecule has 0 aliphatic carbocycles. The summed E-state index contributed by atoms with van der Waals surface area (Å²) in [6.07, 6.45) is 0. The maximum Gasteiger partial charge on any atom is 0.324 e. The molecule has 0 fully saturated rings. The van der Waals surface area contributed by atoms with E-state index in [9.17, 15) is 23.7 Å². The van der Waals surface area contributed by atoms with Crippen LogP contribution in [0.3, 0.4) is 0 Å². The maximum atomic E-state index is 13.3. The zero-order chi connectivity index (χ0) is 14.0. The summed E-state index contributed by atoms with van der Waals surface area (Å²) >= 11 is 0.670. The van der Waals surface area contributed by atoms with Gasteiger partial charge in [0, 0.05) is 12.1 Å². The summed E-state index contributed by atoms with van der Waals surface area (Å²) in [5, 5.41) is 12.5. The topological polar surface area (TPSA) is 72.2 Å². The van der Waals surface area contributed by atoms with E-state index in [2.05, 4.69) is 5.32 Å². The van der Waals surface area contributed by atoms with E-state index in [0.29, 0.717) is 17.4 Å². The molecule has 1 N–H and O–H groups in total. The highest BCUT2D eigenvalue weighted by atomic mass is 32.1. The number of carbonyl (C=O) groups excluding carboxylic acids is 1. The van der Waals surface area contributed by atoms with Gasteiger partial charge < -0.3 is 5.32 Å². The number of carbonyl (C=O) groups is 1. The van der Waals surface area contributed by atoms with Crippen LogP contribution in [-0.2, 0) is 0 Å². The fourth-order valence-corrected chi connectivity index (χ4v) is 2.04. The Bertz CT molecular complexity index is 657. The molecule has 19 heavy (non-hydrogen) atoms. The standard InChI is InChI=1S/C11H6F2N2O3S/c12-6-1-2-8(7(13)5-6)14-11(16)9-3-4-10(19-9)15(17)18/h1-5H,(H,14,16). The minimum absolute atomic E-state index is 0.0652. The Morgan fingerprint density at radius 1 is 1.26 bits per heavy atom. The molecule has 0 saturated heterocycles. The van der Waals surface area contributed by atoms with Crippen LogP contribution in [0.5, 0.6) is 0 Å². The Kier molecular flexibility index (Phi) is 3.52. The molecule has 1 aromatic heterocycles. The van der Waals surface area contributed by atoms with Crippen LogP contribution in [0, 0.1) is 21.7 Å². The Morgan fingerprint density at radius 3 is 2.58 bits per heavy atom. The van der Waals surface area contributed by atoms with Crippen LogP contribution >= 0.6 is 11.3 Å². The van der Waals surface area contributed by atoms with E-state index in [1.807, 2.05) is 0 Å². The van der Waals surface area contributed by atoms with Gasteiger partial charge in [-0.05, 0) is 18.2 Å². The van der Waals surface area contributed by atoms with E-state index in [1.165, 1.54) is 12.1 Å². The first-order valence-corrected chi connectivity index (χ1v) is 5.79. The first-order chi connectivity index (χ1) is 8.97. The summed E-state index contributed by atoms with van der Waals surface area (Å²) in [7, 11) is 0. The number of halogens is 2. The van der Waals surface area contributed by atoms with Crippen LogP contribution < -0.4 is 5.32 Å². The molecule has 2 aromatic rings. The van der Waals surface area contributed by atoms with Crippen molar-refractivity contribution in [3.8, 4) is 0 Å². The van der Waals surface area contributed by atoms with Gasteiger partial charge in [-0.15, -0.1) is 0 Å². The lowest BCUT2D eigenvalue weighted by molar-refractivity contribution is -0.380. The highest BCUT2D eigenvalue weighted by Crippen LogP contribution is 2.25. The lowest BCUT2D eigenvalue weighted by Crippen LogP contribution is -2.11. The summed E-state index contributed by atoms with van der Waals surface area (Å²) in [4.78, 5) is 21.6. The third-order valence-electron chi connectivity index (χ3n) is 2.17. The molecule has 0 radical (unpaired) electrons. The van der Waals surface area contributed by atoms with Crippen molar-refractivity contribution in [1.29, 1.82) is 0 Å². The lowest BCUT2D eigenvalue weighted by atomic mass is 10.3. The van der Waals surface area contributed by atoms with E-state index in [1.54, 1.807) is 0 Å². The molecular formula is C11H6F2N2O3S. The Labute approximate surface area is 109 Å². The number of anilines is 1. The van der Waals surface area contributed by atoms with Gasteiger partial charge in [0.15, 0.2) is 0 Å². The van der Waals surface area contributed by atoms with Crippen LogP contribution in [0.1, 0.15) is 9.67 Å². The molecular weight excluding hydrogens is 278 g/mol. The smallest absolute Gasteiger partial charge is 0.319 e. The molecule has 8 heteroatoms. The van der Waals surface area contributed by atoms with E-state index < -0.39 is 22.5 Å². The summed E-state index contributed by atoms with van der Waals surface area (Å²) < 4.78 is 26.0. The molecule has 1 amide bonds. The van der Waals surface area contributed by atoms with Gasteiger partial charge in [0.25, 0.3) is 5.91 Å². The highest BCUT2D eigenvalue weighted by Gasteiger charge is 2.16. The predicted molar refractivity (Wildman–Crippen MR) is 65.3 cm³/mol. The molecule has 0 atom stereocenters. The molecule has 5 nitrogen and oxygen atoms in total. The van der Waals surface area contributed by atoms with Gasteiger partial charge in [-0.3, -0.25) is 14.9 Å². The van der Waals surface area contributed by atoms with E-state index in [4.69, 9.17) is 0 Å². The zero-order valence-corrected chi connectivity index (χ0v) is 10.0. The van der Waals surface area contributed by atoms with E-state index >= 15 is 0 Å². The number of hydrogen-bond donors (Lipinski definition) is 1. The van der Waals surface area contributed by atoms with Crippen LogP contribution in [0.25, 0.3) is 0 Å². The summed E-state index contributed by atoms with van der Waals surface area (Å²) in [5.41, 5.74) is -0.192.